The lowest BCUT2D eigenvalue weighted by atomic mass is 10.3. The Kier molecular flexibility index (Phi) is 3.38. The summed E-state index contributed by atoms with van der Waals surface area (Å²) in [5.41, 5.74) is 6.80. The van der Waals surface area contributed by atoms with Crippen LogP contribution < -0.4 is 5.73 Å². The summed E-state index contributed by atoms with van der Waals surface area (Å²) in [6.45, 7) is 4.23. The predicted molar refractivity (Wildman–Crippen MR) is 65.5 cm³/mol. The summed E-state index contributed by atoms with van der Waals surface area (Å²) in [6.07, 6.45) is 1.55. The van der Waals surface area contributed by atoms with Crippen molar-refractivity contribution in [2.45, 2.75) is 13.5 Å². The number of aromatic nitrogens is 2. The maximum Gasteiger partial charge on any atom is 0.274 e. The van der Waals surface area contributed by atoms with Gasteiger partial charge in [0.2, 0.25) is 0 Å². The fourth-order valence-corrected chi connectivity index (χ4v) is 2.69. The summed E-state index contributed by atoms with van der Waals surface area (Å²) < 4.78 is 1.67. The molecule has 0 atom stereocenters. The third kappa shape index (κ3) is 2.02. The van der Waals surface area contributed by atoms with Gasteiger partial charge in [-0.15, -0.1) is 0 Å². The molecular weight excluding hydrogens is 224 g/mol. The molecular formula is C10H16N4OS. The molecule has 0 aromatic carbocycles. The van der Waals surface area contributed by atoms with Gasteiger partial charge < -0.3 is 10.6 Å². The molecule has 1 aliphatic heterocycles. The summed E-state index contributed by atoms with van der Waals surface area (Å²) in [4.78, 5) is 14.1. The van der Waals surface area contributed by atoms with Gasteiger partial charge in [0.05, 0.1) is 11.9 Å². The highest BCUT2D eigenvalue weighted by Gasteiger charge is 2.23. The van der Waals surface area contributed by atoms with Gasteiger partial charge in [-0.2, -0.15) is 16.9 Å². The number of aryl methyl sites for hydroxylation is 1. The van der Waals surface area contributed by atoms with Gasteiger partial charge in [0, 0.05) is 31.1 Å². The van der Waals surface area contributed by atoms with Crippen molar-refractivity contribution in [1.29, 1.82) is 0 Å². The first kappa shape index (κ1) is 11.3. The van der Waals surface area contributed by atoms with Crippen LogP contribution in [0.4, 0.5) is 5.69 Å². The molecule has 2 N–H and O–H groups in total. The van der Waals surface area contributed by atoms with E-state index in [9.17, 15) is 4.79 Å². The molecule has 1 aromatic rings. The molecule has 0 aliphatic carbocycles. The van der Waals surface area contributed by atoms with Gasteiger partial charge in [0.15, 0.2) is 0 Å². The fraction of sp³-hybridized carbons (Fsp3) is 0.600. The number of hydrogen-bond donors (Lipinski definition) is 1. The van der Waals surface area contributed by atoms with Crippen molar-refractivity contribution < 1.29 is 4.79 Å². The molecule has 1 saturated heterocycles. The van der Waals surface area contributed by atoms with Crippen LogP contribution in [0.5, 0.6) is 0 Å². The normalized spacial score (nSPS) is 16.4. The minimum absolute atomic E-state index is 0.0113. The van der Waals surface area contributed by atoms with Gasteiger partial charge in [-0.25, -0.2) is 0 Å². The Morgan fingerprint density at radius 3 is 2.88 bits per heavy atom. The minimum atomic E-state index is 0.0113. The van der Waals surface area contributed by atoms with Crippen molar-refractivity contribution in [3.05, 3.63) is 11.9 Å². The SMILES string of the molecule is CCn1ncc(N)c1C(=O)N1CCSCC1. The van der Waals surface area contributed by atoms with E-state index < -0.39 is 0 Å². The molecule has 88 valence electrons. The molecule has 0 saturated carbocycles. The predicted octanol–water partition coefficient (Wildman–Crippen LogP) is 0.674. The molecule has 0 spiro atoms. The number of amides is 1. The van der Waals surface area contributed by atoms with E-state index in [2.05, 4.69) is 5.10 Å². The van der Waals surface area contributed by atoms with Crippen LogP contribution in [0.2, 0.25) is 0 Å². The first-order chi connectivity index (χ1) is 7.74. The number of carbonyl (C=O) groups excluding carboxylic acids is 1. The van der Waals surface area contributed by atoms with E-state index >= 15 is 0 Å². The van der Waals surface area contributed by atoms with E-state index in [0.717, 1.165) is 24.6 Å². The third-order valence-electron chi connectivity index (χ3n) is 2.67. The van der Waals surface area contributed by atoms with E-state index in [1.807, 2.05) is 23.6 Å². The van der Waals surface area contributed by atoms with Crippen LogP contribution in [0.3, 0.4) is 0 Å². The van der Waals surface area contributed by atoms with Crippen LogP contribution in [0.25, 0.3) is 0 Å². The number of nitrogens with zero attached hydrogens (tertiary/aromatic N) is 3. The van der Waals surface area contributed by atoms with Crippen LogP contribution in [0.15, 0.2) is 6.20 Å². The zero-order chi connectivity index (χ0) is 11.5. The zero-order valence-electron chi connectivity index (χ0n) is 9.35. The van der Waals surface area contributed by atoms with Crippen molar-refractivity contribution in [1.82, 2.24) is 14.7 Å². The van der Waals surface area contributed by atoms with Crippen molar-refractivity contribution in [2.24, 2.45) is 0 Å². The highest BCUT2D eigenvalue weighted by atomic mass is 32.2. The second kappa shape index (κ2) is 4.78. The monoisotopic (exact) mass is 240 g/mol. The first-order valence-corrected chi connectivity index (χ1v) is 6.57. The maximum absolute atomic E-state index is 12.2. The Balaban J connectivity index is 2.21. The highest BCUT2D eigenvalue weighted by molar-refractivity contribution is 7.99. The summed E-state index contributed by atoms with van der Waals surface area (Å²) in [5, 5.41) is 4.09. The smallest absolute Gasteiger partial charge is 0.274 e. The van der Waals surface area contributed by atoms with Crippen LogP contribution in [-0.2, 0) is 6.54 Å². The van der Waals surface area contributed by atoms with Crippen molar-refractivity contribution >= 4 is 23.4 Å². The number of nitrogens with two attached hydrogens (primary N) is 1. The molecule has 0 unspecified atom stereocenters. The zero-order valence-corrected chi connectivity index (χ0v) is 10.2. The molecule has 0 radical (unpaired) electrons. The van der Waals surface area contributed by atoms with Gasteiger partial charge in [-0.1, -0.05) is 0 Å². The van der Waals surface area contributed by atoms with Gasteiger partial charge in [-0.05, 0) is 6.92 Å². The highest BCUT2D eigenvalue weighted by Crippen LogP contribution is 2.17. The molecule has 1 amide bonds. The Hall–Kier alpha value is -1.17. The lowest BCUT2D eigenvalue weighted by Crippen LogP contribution is -2.39. The number of carbonyl (C=O) groups is 1. The van der Waals surface area contributed by atoms with E-state index in [1.165, 1.54) is 0 Å². The maximum atomic E-state index is 12.2. The number of rotatable bonds is 2. The average molecular weight is 240 g/mol. The molecule has 1 fully saturated rings. The van der Waals surface area contributed by atoms with Gasteiger partial charge >= 0.3 is 0 Å². The Morgan fingerprint density at radius 1 is 1.56 bits per heavy atom. The van der Waals surface area contributed by atoms with Crippen molar-refractivity contribution in [3.63, 3.8) is 0 Å². The van der Waals surface area contributed by atoms with Crippen LogP contribution >= 0.6 is 11.8 Å². The largest absolute Gasteiger partial charge is 0.396 e. The standard InChI is InChI=1S/C10H16N4OS/c1-2-14-9(8(11)7-12-14)10(15)13-3-5-16-6-4-13/h7H,2-6,11H2,1H3. The summed E-state index contributed by atoms with van der Waals surface area (Å²) in [6, 6.07) is 0. The average Bonchev–Trinajstić information content (AvgIpc) is 2.70. The Morgan fingerprint density at radius 2 is 2.25 bits per heavy atom. The van der Waals surface area contributed by atoms with Gasteiger partial charge in [-0.3, -0.25) is 9.48 Å². The molecule has 1 aliphatic rings. The number of thioether (sulfide) groups is 1. The third-order valence-corrected chi connectivity index (χ3v) is 3.61. The van der Waals surface area contributed by atoms with Crippen LogP contribution in [0, 0.1) is 0 Å². The van der Waals surface area contributed by atoms with E-state index in [-0.39, 0.29) is 5.91 Å². The molecule has 5 nitrogen and oxygen atoms in total. The van der Waals surface area contributed by atoms with Crippen LogP contribution in [0.1, 0.15) is 17.4 Å². The second-order valence-corrected chi connectivity index (χ2v) is 4.89. The number of hydrogen-bond acceptors (Lipinski definition) is 4. The van der Waals surface area contributed by atoms with E-state index in [1.54, 1.807) is 10.9 Å². The lowest BCUT2D eigenvalue weighted by Gasteiger charge is -2.26. The molecule has 2 heterocycles. The Labute approximate surface area is 99.0 Å². The lowest BCUT2D eigenvalue weighted by molar-refractivity contribution is 0.0761. The number of nitrogen functional groups attached to an aromatic ring is 1. The number of anilines is 1. The summed E-state index contributed by atoms with van der Waals surface area (Å²) in [7, 11) is 0. The fourth-order valence-electron chi connectivity index (χ4n) is 1.79. The molecule has 16 heavy (non-hydrogen) atoms. The Bertz CT molecular complexity index is 384. The van der Waals surface area contributed by atoms with E-state index in [4.69, 9.17) is 5.73 Å². The van der Waals surface area contributed by atoms with Crippen molar-refractivity contribution in [3.8, 4) is 0 Å². The second-order valence-electron chi connectivity index (χ2n) is 3.67. The van der Waals surface area contributed by atoms with Gasteiger partial charge in [0.25, 0.3) is 5.91 Å². The topological polar surface area (TPSA) is 64.2 Å². The minimum Gasteiger partial charge on any atom is -0.396 e. The molecule has 0 bridgehead atoms. The molecule has 1 aromatic heterocycles. The summed E-state index contributed by atoms with van der Waals surface area (Å²) in [5.74, 6) is 2.02. The van der Waals surface area contributed by atoms with Crippen molar-refractivity contribution in [2.75, 3.05) is 30.3 Å². The molecule has 2 rings (SSSR count). The summed E-state index contributed by atoms with van der Waals surface area (Å²) >= 11 is 1.88. The first-order valence-electron chi connectivity index (χ1n) is 5.42. The van der Waals surface area contributed by atoms with E-state index in [0.29, 0.717) is 17.9 Å². The molecule has 6 heteroatoms. The van der Waals surface area contributed by atoms with Crippen LogP contribution in [-0.4, -0.2) is 45.2 Å². The quantitative estimate of drug-likeness (QED) is 0.825. The van der Waals surface area contributed by atoms with Gasteiger partial charge in [0.1, 0.15) is 5.69 Å².